The molecule has 2 heterocycles. The van der Waals surface area contributed by atoms with Crippen LogP contribution in [0.2, 0.25) is 5.02 Å². The van der Waals surface area contributed by atoms with Gasteiger partial charge in [-0.1, -0.05) is 17.7 Å². The summed E-state index contributed by atoms with van der Waals surface area (Å²) in [5.74, 6) is 0.0181. The maximum absolute atomic E-state index is 12.5. The van der Waals surface area contributed by atoms with Gasteiger partial charge in [-0.15, -0.1) is 11.3 Å². The molecule has 1 aliphatic rings. The van der Waals surface area contributed by atoms with Crippen molar-refractivity contribution in [3.05, 3.63) is 56.7 Å². The molecule has 2 aromatic rings. The summed E-state index contributed by atoms with van der Waals surface area (Å²) in [4.78, 5) is 30.4. The van der Waals surface area contributed by atoms with E-state index in [9.17, 15) is 9.59 Å². The number of benzene rings is 1. The van der Waals surface area contributed by atoms with E-state index in [0.717, 1.165) is 9.75 Å². The fourth-order valence-electron chi connectivity index (χ4n) is 2.62. The minimum absolute atomic E-state index is 0.0356. The quantitative estimate of drug-likeness (QED) is 0.835. The molecule has 120 valence electrons. The predicted molar refractivity (Wildman–Crippen MR) is 92.3 cm³/mol. The van der Waals surface area contributed by atoms with Gasteiger partial charge in [-0.25, -0.2) is 0 Å². The van der Waals surface area contributed by atoms with Crippen LogP contribution in [0.3, 0.4) is 0 Å². The van der Waals surface area contributed by atoms with Crippen LogP contribution in [-0.4, -0.2) is 47.8 Å². The van der Waals surface area contributed by atoms with Crippen molar-refractivity contribution in [1.82, 2.24) is 9.80 Å². The van der Waals surface area contributed by atoms with Crippen LogP contribution in [0.25, 0.3) is 0 Å². The number of carbonyl (C=O) groups excluding carboxylic acids is 2. The molecule has 1 saturated heterocycles. The molecular weight excluding hydrogens is 332 g/mol. The molecule has 3 rings (SSSR count). The van der Waals surface area contributed by atoms with Crippen molar-refractivity contribution >= 4 is 34.8 Å². The highest BCUT2D eigenvalue weighted by Gasteiger charge is 2.26. The molecule has 1 fully saturated rings. The van der Waals surface area contributed by atoms with Gasteiger partial charge in [-0.2, -0.15) is 0 Å². The van der Waals surface area contributed by atoms with Gasteiger partial charge in [0.1, 0.15) is 0 Å². The van der Waals surface area contributed by atoms with Crippen LogP contribution in [0.4, 0.5) is 0 Å². The van der Waals surface area contributed by atoms with Crippen LogP contribution >= 0.6 is 22.9 Å². The van der Waals surface area contributed by atoms with Crippen LogP contribution in [0.15, 0.2) is 36.4 Å². The lowest BCUT2D eigenvalue weighted by atomic mass is 10.2. The fraction of sp³-hybridized carbons (Fsp3) is 0.294. The van der Waals surface area contributed by atoms with Crippen molar-refractivity contribution in [2.24, 2.45) is 0 Å². The Hall–Kier alpha value is -1.85. The molecule has 6 heteroatoms. The van der Waals surface area contributed by atoms with Gasteiger partial charge >= 0.3 is 0 Å². The molecule has 1 aromatic carbocycles. The number of thiophene rings is 1. The van der Waals surface area contributed by atoms with Gasteiger partial charge in [-0.05, 0) is 37.3 Å². The summed E-state index contributed by atoms with van der Waals surface area (Å²) in [6.45, 7) is 4.19. The number of halogens is 1. The van der Waals surface area contributed by atoms with Crippen LogP contribution in [0.1, 0.15) is 24.9 Å². The smallest absolute Gasteiger partial charge is 0.264 e. The molecule has 0 unspecified atom stereocenters. The molecule has 1 aromatic heterocycles. The number of aryl methyl sites for hydroxylation is 1. The second kappa shape index (κ2) is 6.72. The van der Waals surface area contributed by atoms with Crippen molar-refractivity contribution in [1.29, 1.82) is 0 Å². The number of carbonyl (C=O) groups is 2. The highest BCUT2D eigenvalue weighted by molar-refractivity contribution is 7.13. The number of hydrogen-bond acceptors (Lipinski definition) is 3. The van der Waals surface area contributed by atoms with E-state index < -0.39 is 0 Å². The lowest BCUT2D eigenvalue weighted by molar-refractivity contribution is 0.0538. The Bertz CT molecular complexity index is 736. The van der Waals surface area contributed by atoms with E-state index >= 15 is 0 Å². The lowest BCUT2D eigenvalue weighted by Gasteiger charge is -2.34. The average Bonchev–Trinajstić information content (AvgIpc) is 3.00. The highest BCUT2D eigenvalue weighted by atomic mass is 35.5. The Morgan fingerprint density at radius 2 is 1.65 bits per heavy atom. The Morgan fingerprint density at radius 3 is 2.22 bits per heavy atom. The van der Waals surface area contributed by atoms with E-state index in [0.29, 0.717) is 36.8 Å². The predicted octanol–water partition coefficient (Wildman–Crippen LogP) is 3.31. The maximum Gasteiger partial charge on any atom is 0.264 e. The maximum atomic E-state index is 12.5. The Kier molecular flexibility index (Phi) is 4.68. The third-order valence-electron chi connectivity index (χ3n) is 3.88. The van der Waals surface area contributed by atoms with Crippen molar-refractivity contribution in [3.63, 3.8) is 0 Å². The summed E-state index contributed by atoms with van der Waals surface area (Å²) < 4.78 is 0. The van der Waals surface area contributed by atoms with E-state index in [1.165, 1.54) is 11.3 Å². The minimum atomic E-state index is -0.0356. The monoisotopic (exact) mass is 348 g/mol. The van der Waals surface area contributed by atoms with Gasteiger partial charge in [0.25, 0.3) is 11.8 Å². The summed E-state index contributed by atoms with van der Waals surface area (Å²) in [7, 11) is 0. The molecule has 1 aliphatic heterocycles. The van der Waals surface area contributed by atoms with Crippen LogP contribution in [0, 0.1) is 6.92 Å². The van der Waals surface area contributed by atoms with Crippen LogP contribution < -0.4 is 0 Å². The van der Waals surface area contributed by atoms with E-state index in [2.05, 4.69) is 0 Å². The zero-order chi connectivity index (χ0) is 16.4. The number of piperazine rings is 1. The molecule has 2 amide bonds. The summed E-state index contributed by atoms with van der Waals surface area (Å²) in [6.07, 6.45) is 0. The SMILES string of the molecule is Cc1ccc(C(=O)N2CCN(C(=O)c3cccc(Cl)c3)CC2)s1. The topological polar surface area (TPSA) is 40.6 Å². The standard InChI is InChI=1S/C17H17ClN2O2S/c1-12-5-6-15(23-12)17(22)20-9-7-19(8-10-20)16(21)13-3-2-4-14(18)11-13/h2-6,11H,7-10H2,1H3. The van der Waals surface area contributed by atoms with Gasteiger partial charge in [0, 0.05) is 41.6 Å². The summed E-state index contributed by atoms with van der Waals surface area (Å²) >= 11 is 7.45. The first-order valence-corrected chi connectivity index (χ1v) is 8.64. The summed E-state index contributed by atoms with van der Waals surface area (Å²) in [5, 5.41) is 0.553. The fourth-order valence-corrected chi connectivity index (χ4v) is 3.65. The van der Waals surface area contributed by atoms with Gasteiger partial charge in [0.05, 0.1) is 4.88 Å². The molecule has 0 N–H and O–H groups in total. The second-order valence-electron chi connectivity index (χ2n) is 5.51. The van der Waals surface area contributed by atoms with Crippen molar-refractivity contribution in [3.8, 4) is 0 Å². The molecule has 4 nitrogen and oxygen atoms in total. The average molecular weight is 349 g/mol. The van der Waals surface area contributed by atoms with Gasteiger partial charge in [-0.3, -0.25) is 9.59 Å². The zero-order valence-electron chi connectivity index (χ0n) is 12.8. The number of hydrogen-bond donors (Lipinski definition) is 0. The van der Waals surface area contributed by atoms with Gasteiger partial charge in [0.15, 0.2) is 0 Å². The number of amides is 2. The molecule has 0 radical (unpaired) electrons. The van der Waals surface area contributed by atoms with Gasteiger partial charge in [0.2, 0.25) is 0 Å². The van der Waals surface area contributed by atoms with Crippen molar-refractivity contribution in [2.75, 3.05) is 26.2 Å². The first-order valence-electron chi connectivity index (χ1n) is 7.45. The van der Waals surface area contributed by atoms with Crippen molar-refractivity contribution < 1.29 is 9.59 Å². The normalized spacial score (nSPS) is 14.9. The first kappa shape index (κ1) is 16.0. The number of nitrogens with zero attached hydrogens (tertiary/aromatic N) is 2. The molecule has 23 heavy (non-hydrogen) atoms. The number of rotatable bonds is 2. The van der Waals surface area contributed by atoms with Crippen molar-refractivity contribution in [2.45, 2.75) is 6.92 Å². The van der Waals surface area contributed by atoms with Crippen LogP contribution in [0.5, 0.6) is 0 Å². The largest absolute Gasteiger partial charge is 0.335 e. The first-order chi connectivity index (χ1) is 11.0. The molecule has 0 aliphatic carbocycles. The molecular formula is C17H17ClN2O2S. The second-order valence-corrected chi connectivity index (χ2v) is 7.23. The zero-order valence-corrected chi connectivity index (χ0v) is 14.4. The van der Waals surface area contributed by atoms with E-state index in [1.807, 2.05) is 24.0 Å². The summed E-state index contributed by atoms with van der Waals surface area (Å²) in [6, 6.07) is 10.8. The molecule has 0 bridgehead atoms. The third-order valence-corrected chi connectivity index (χ3v) is 5.10. The Balaban J connectivity index is 1.62. The van der Waals surface area contributed by atoms with E-state index in [-0.39, 0.29) is 11.8 Å². The molecule has 0 atom stereocenters. The van der Waals surface area contributed by atoms with Gasteiger partial charge < -0.3 is 9.80 Å². The summed E-state index contributed by atoms with van der Waals surface area (Å²) in [5.41, 5.74) is 0.589. The Labute approximate surface area is 144 Å². The molecule has 0 spiro atoms. The highest BCUT2D eigenvalue weighted by Crippen LogP contribution is 2.19. The van der Waals surface area contributed by atoms with E-state index in [4.69, 9.17) is 11.6 Å². The molecule has 0 saturated carbocycles. The third kappa shape index (κ3) is 3.57. The lowest BCUT2D eigenvalue weighted by Crippen LogP contribution is -2.50. The van der Waals surface area contributed by atoms with Crippen LogP contribution in [-0.2, 0) is 0 Å². The van der Waals surface area contributed by atoms with E-state index in [1.54, 1.807) is 29.2 Å². The Morgan fingerprint density at radius 1 is 1.00 bits per heavy atom. The minimum Gasteiger partial charge on any atom is -0.335 e.